The van der Waals surface area contributed by atoms with Crippen LogP contribution in [-0.4, -0.2) is 17.4 Å². The molecule has 0 atom stereocenters. The van der Waals surface area contributed by atoms with Gasteiger partial charge in [0, 0.05) is 22.7 Å². The van der Waals surface area contributed by atoms with Gasteiger partial charge < -0.3 is 4.90 Å². The fourth-order valence-electron chi connectivity index (χ4n) is 1.91. The van der Waals surface area contributed by atoms with Gasteiger partial charge in [0.25, 0.3) is 0 Å². The molecule has 0 fully saturated rings. The first-order valence-corrected chi connectivity index (χ1v) is 8.84. The number of thiophene rings is 2. The summed E-state index contributed by atoms with van der Waals surface area (Å²) in [5, 5.41) is 0. The highest BCUT2D eigenvalue weighted by Gasteiger charge is 2.14. The maximum absolute atomic E-state index is 12.3. The number of amides is 1. The Hall–Kier alpha value is -0.810. The van der Waals surface area contributed by atoms with Crippen LogP contribution in [0.1, 0.15) is 16.2 Å². The van der Waals surface area contributed by atoms with Crippen LogP contribution in [0.25, 0.3) is 0 Å². The summed E-state index contributed by atoms with van der Waals surface area (Å²) < 4.78 is 1.50. The second-order valence-corrected chi connectivity index (χ2v) is 8.07. The van der Waals surface area contributed by atoms with Gasteiger partial charge >= 0.3 is 0 Å². The Morgan fingerprint density at radius 3 is 2.29 bits per heavy atom. The number of aryl methyl sites for hydroxylation is 1. The van der Waals surface area contributed by atoms with Crippen LogP contribution in [0.15, 0.2) is 36.9 Å². The minimum absolute atomic E-state index is 0.115. The van der Waals surface area contributed by atoms with E-state index in [4.69, 9.17) is 23.2 Å². The average molecular weight is 360 g/mol. The van der Waals surface area contributed by atoms with Gasteiger partial charge in [0.05, 0.1) is 15.2 Å². The largest absolute Gasteiger partial charge is 0.334 e. The normalized spacial score (nSPS) is 10.6. The molecule has 0 radical (unpaired) electrons. The molecule has 6 heteroatoms. The lowest BCUT2D eigenvalue weighted by molar-refractivity contribution is -0.131. The van der Waals surface area contributed by atoms with E-state index in [2.05, 4.69) is 6.58 Å². The minimum Gasteiger partial charge on any atom is -0.334 e. The molecule has 0 aromatic carbocycles. The first kappa shape index (κ1) is 16.6. The topological polar surface area (TPSA) is 20.3 Å². The molecule has 0 aliphatic carbocycles. The van der Waals surface area contributed by atoms with Crippen molar-refractivity contribution in [2.75, 3.05) is 6.54 Å². The summed E-state index contributed by atoms with van der Waals surface area (Å²) in [6.45, 7) is 4.84. The van der Waals surface area contributed by atoms with Crippen molar-refractivity contribution in [1.29, 1.82) is 0 Å². The number of hydrogen-bond acceptors (Lipinski definition) is 3. The van der Waals surface area contributed by atoms with Crippen molar-refractivity contribution in [3.05, 3.63) is 55.3 Å². The standard InChI is InChI=1S/C15H15Cl2NOS2/c1-2-9-18(10-12-4-7-14(17)21-12)15(19)8-5-11-3-6-13(16)20-11/h2-4,6-7H,1,5,8-10H2. The third-order valence-electron chi connectivity index (χ3n) is 2.89. The predicted molar refractivity (Wildman–Crippen MR) is 92.6 cm³/mol. The van der Waals surface area contributed by atoms with Crippen molar-refractivity contribution >= 4 is 51.8 Å². The maximum atomic E-state index is 12.3. The van der Waals surface area contributed by atoms with E-state index in [1.165, 1.54) is 22.7 Å². The molecule has 2 nitrogen and oxygen atoms in total. The predicted octanol–water partition coefficient (Wildman–Crippen LogP) is 5.26. The molecular formula is C15H15Cl2NOS2. The Morgan fingerprint density at radius 1 is 1.14 bits per heavy atom. The van der Waals surface area contributed by atoms with Crippen LogP contribution in [0.4, 0.5) is 0 Å². The lowest BCUT2D eigenvalue weighted by atomic mass is 10.2. The summed E-state index contributed by atoms with van der Waals surface area (Å²) in [6, 6.07) is 7.64. The summed E-state index contributed by atoms with van der Waals surface area (Å²) in [7, 11) is 0. The van der Waals surface area contributed by atoms with Gasteiger partial charge in [-0.2, -0.15) is 0 Å². The van der Waals surface area contributed by atoms with Crippen molar-refractivity contribution in [2.45, 2.75) is 19.4 Å². The molecule has 21 heavy (non-hydrogen) atoms. The van der Waals surface area contributed by atoms with Gasteiger partial charge in [-0.15, -0.1) is 29.3 Å². The molecule has 0 saturated carbocycles. The van der Waals surface area contributed by atoms with E-state index in [-0.39, 0.29) is 5.91 Å². The molecule has 1 amide bonds. The van der Waals surface area contributed by atoms with E-state index >= 15 is 0 Å². The van der Waals surface area contributed by atoms with Gasteiger partial charge in [-0.1, -0.05) is 29.3 Å². The van der Waals surface area contributed by atoms with Crippen molar-refractivity contribution in [2.24, 2.45) is 0 Å². The van der Waals surface area contributed by atoms with Crippen LogP contribution in [0.3, 0.4) is 0 Å². The van der Waals surface area contributed by atoms with Crippen LogP contribution >= 0.6 is 45.9 Å². The number of hydrogen-bond donors (Lipinski definition) is 0. The van der Waals surface area contributed by atoms with E-state index in [9.17, 15) is 4.79 Å². The zero-order valence-corrected chi connectivity index (χ0v) is 14.5. The monoisotopic (exact) mass is 359 g/mol. The zero-order chi connectivity index (χ0) is 15.2. The molecule has 2 rings (SSSR count). The van der Waals surface area contributed by atoms with Gasteiger partial charge in [0.2, 0.25) is 5.91 Å². The van der Waals surface area contributed by atoms with Gasteiger partial charge in [-0.25, -0.2) is 0 Å². The van der Waals surface area contributed by atoms with Gasteiger partial charge in [-0.3, -0.25) is 4.79 Å². The van der Waals surface area contributed by atoms with Crippen molar-refractivity contribution in [3.8, 4) is 0 Å². The summed E-state index contributed by atoms with van der Waals surface area (Å²) in [6.07, 6.45) is 2.94. The number of carbonyl (C=O) groups is 1. The average Bonchev–Trinajstić information content (AvgIpc) is 3.04. The molecule has 0 unspecified atom stereocenters. The van der Waals surface area contributed by atoms with Crippen LogP contribution in [-0.2, 0) is 17.8 Å². The fourth-order valence-corrected chi connectivity index (χ4v) is 4.10. The van der Waals surface area contributed by atoms with Crippen LogP contribution in [0, 0.1) is 0 Å². The van der Waals surface area contributed by atoms with E-state index in [1.54, 1.807) is 11.0 Å². The van der Waals surface area contributed by atoms with E-state index in [0.29, 0.717) is 19.5 Å². The highest BCUT2D eigenvalue weighted by Crippen LogP contribution is 2.24. The highest BCUT2D eigenvalue weighted by molar-refractivity contribution is 7.16. The second kappa shape index (κ2) is 7.99. The van der Waals surface area contributed by atoms with Crippen LogP contribution < -0.4 is 0 Å². The van der Waals surface area contributed by atoms with Crippen LogP contribution in [0.5, 0.6) is 0 Å². The summed E-state index contributed by atoms with van der Waals surface area (Å²) in [5.41, 5.74) is 0. The lowest BCUT2D eigenvalue weighted by Gasteiger charge is -2.20. The molecule has 0 N–H and O–H groups in total. The second-order valence-electron chi connectivity index (χ2n) is 4.47. The molecule has 0 bridgehead atoms. The maximum Gasteiger partial charge on any atom is 0.223 e. The first-order chi connectivity index (χ1) is 10.1. The number of nitrogens with zero attached hydrogens (tertiary/aromatic N) is 1. The number of halogens is 2. The molecule has 2 heterocycles. The van der Waals surface area contributed by atoms with Crippen molar-refractivity contribution in [3.63, 3.8) is 0 Å². The third kappa shape index (κ3) is 5.15. The van der Waals surface area contributed by atoms with E-state index in [1.807, 2.05) is 24.3 Å². The Balaban J connectivity index is 1.93. The van der Waals surface area contributed by atoms with Crippen molar-refractivity contribution in [1.82, 2.24) is 4.90 Å². The molecular weight excluding hydrogens is 345 g/mol. The molecule has 0 aliphatic rings. The Morgan fingerprint density at radius 2 is 1.76 bits per heavy atom. The number of rotatable bonds is 7. The molecule has 0 saturated heterocycles. The molecule has 0 spiro atoms. The number of carbonyl (C=O) groups excluding carboxylic acids is 1. The summed E-state index contributed by atoms with van der Waals surface area (Å²) in [5.74, 6) is 0.115. The Kier molecular flexibility index (Phi) is 6.30. The van der Waals surface area contributed by atoms with Gasteiger partial charge in [0.1, 0.15) is 0 Å². The van der Waals surface area contributed by atoms with E-state index < -0.39 is 0 Å². The molecule has 0 aliphatic heterocycles. The summed E-state index contributed by atoms with van der Waals surface area (Å²) in [4.78, 5) is 16.4. The summed E-state index contributed by atoms with van der Waals surface area (Å²) >= 11 is 14.8. The van der Waals surface area contributed by atoms with E-state index in [0.717, 1.165) is 24.8 Å². The van der Waals surface area contributed by atoms with Gasteiger partial charge in [-0.05, 0) is 30.7 Å². The highest BCUT2D eigenvalue weighted by atomic mass is 35.5. The SMILES string of the molecule is C=CCN(Cc1ccc(Cl)s1)C(=O)CCc1ccc(Cl)s1. The first-order valence-electron chi connectivity index (χ1n) is 6.45. The lowest BCUT2D eigenvalue weighted by Crippen LogP contribution is -2.30. The smallest absolute Gasteiger partial charge is 0.223 e. The zero-order valence-electron chi connectivity index (χ0n) is 11.4. The van der Waals surface area contributed by atoms with Gasteiger partial charge in [0.15, 0.2) is 0 Å². The quantitative estimate of drug-likeness (QED) is 0.617. The van der Waals surface area contributed by atoms with Crippen molar-refractivity contribution < 1.29 is 4.79 Å². The fraction of sp³-hybridized carbons (Fsp3) is 0.267. The van der Waals surface area contributed by atoms with Crippen LogP contribution in [0.2, 0.25) is 8.67 Å². The minimum atomic E-state index is 0.115. The molecule has 2 aromatic heterocycles. The third-order valence-corrected chi connectivity index (χ3v) is 5.40. The molecule has 2 aromatic rings. The Bertz CT molecular complexity index is 621. The molecule has 112 valence electrons. The Labute approximate surface area is 142 Å².